The second-order valence-corrected chi connectivity index (χ2v) is 8.67. The summed E-state index contributed by atoms with van der Waals surface area (Å²) in [6.45, 7) is 7.27. The number of nitrogens with zero attached hydrogens (tertiary/aromatic N) is 1. The average molecular weight is 426 g/mol. The van der Waals surface area contributed by atoms with Crippen molar-refractivity contribution in [1.29, 1.82) is 0 Å². The fourth-order valence-electron chi connectivity index (χ4n) is 3.83. The highest BCUT2D eigenvalue weighted by Gasteiger charge is 2.17. The van der Waals surface area contributed by atoms with Crippen LogP contribution in [0.25, 0.3) is 0 Å². The summed E-state index contributed by atoms with van der Waals surface area (Å²) in [5.41, 5.74) is 0.788. The molecule has 29 heavy (non-hydrogen) atoms. The molecule has 0 aliphatic rings. The van der Waals surface area contributed by atoms with Gasteiger partial charge in [0.15, 0.2) is 0 Å². The van der Waals surface area contributed by atoms with Crippen molar-refractivity contribution in [2.45, 2.75) is 97.0 Å². The van der Waals surface area contributed by atoms with Crippen molar-refractivity contribution in [1.82, 2.24) is 4.90 Å². The number of unbranched alkanes of at least 4 members (excludes halogenated alkanes) is 10. The first-order valence-corrected chi connectivity index (χ1v) is 12.2. The van der Waals surface area contributed by atoms with Crippen LogP contribution in [0.15, 0.2) is 18.2 Å². The third-order valence-corrected chi connectivity index (χ3v) is 5.87. The molecule has 0 aliphatic carbocycles. The average Bonchev–Trinajstić information content (AvgIpc) is 2.72. The topological polar surface area (TPSA) is 32.7 Å². The quantitative estimate of drug-likeness (QED) is 0.248. The van der Waals surface area contributed by atoms with E-state index >= 15 is 0 Å². The molecule has 1 aromatic carbocycles. The summed E-state index contributed by atoms with van der Waals surface area (Å²) in [6.07, 6.45) is 15.0. The summed E-state index contributed by atoms with van der Waals surface area (Å²) >= 11 is 6.16. The van der Waals surface area contributed by atoms with Crippen LogP contribution >= 0.6 is 11.6 Å². The summed E-state index contributed by atoms with van der Waals surface area (Å²) in [7, 11) is 1.64. The first-order valence-electron chi connectivity index (χ1n) is 11.9. The molecule has 0 amide bonds. The van der Waals surface area contributed by atoms with Gasteiger partial charge in [-0.1, -0.05) is 89.7 Å². The smallest absolute Gasteiger partial charge is 0.124 e. The molecule has 1 unspecified atom stereocenters. The minimum atomic E-state index is -0.580. The molecule has 0 aromatic heterocycles. The number of aliphatic hydroxyl groups excluding tert-OH is 1. The molecule has 1 aromatic rings. The first kappa shape index (κ1) is 26.3. The van der Waals surface area contributed by atoms with Crippen molar-refractivity contribution in [2.75, 3.05) is 26.7 Å². The minimum Gasteiger partial charge on any atom is -0.496 e. The lowest BCUT2D eigenvalue weighted by Crippen LogP contribution is -2.31. The van der Waals surface area contributed by atoms with Crippen LogP contribution in [0.2, 0.25) is 5.02 Å². The lowest BCUT2D eigenvalue weighted by molar-refractivity contribution is 0.108. The number of ether oxygens (including phenoxy) is 1. The van der Waals surface area contributed by atoms with Gasteiger partial charge in [-0.2, -0.15) is 0 Å². The van der Waals surface area contributed by atoms with E-state index in [0.29, 0.717) is 17.3 Å². The Morgan fingerprint density at radius 1 is 0.862 bits per heavy atom. The van der Waals surface area contributed by atoms with Gasteiger partial charge >= 0.3 is 0 Å². The standard InChI is InChI=1S/C25H44ClNO2/c1-4-6-8-10-12-14-18-27(19-15-13-11-9-7-5-2)21-24(28)23-20-22(26)16-17-25(23)29-3/h16-17,20,24,28H,4-15,18-19,21H2,1-3H3. The van der Waals surface area contributed by atoms with Crippen LogP contribution in [0.1, 0.15) is 103 Å². The fourth-order valence-corrected chi connectivity index (χ4v) is 4.01. The molecule has 168 valence electrons. The maximum Gasteiger partial charge on any atom is 0.124 e. The van der Waals surface area contributed by atoms with Crippen molar-refractivity contribution < 1.29 is 9.84 Å². The molecule has 0 heterocycles. The van der Waals surface area contributed by atoms with Gasteiger partial charge in [-0.3, -0.25) is 0 Å². The maximum absolute atomic E-state index is 10.9. The van der Waals surface area contributed by atoms with Gasteiger partial charge in [0.2, 0.25) is 0 Å². The van der Waals surface area contributed by atoms with E-state index in [2.05, 4.69) is 18.7 Å². The van der Waals surface area contributed by atoms with E-state index < -0.39 is 6.10 Å². The summed E-state index contributed by atoms with van der Waals surface area (Å²) in [4.78, 5) is 2.44. The molecule has 0 bridgehead atoms. The van der Waals surface area contributed by atoms with Crippen LogP contribution in [0.5, 0.6) is 5.75 Å². The second-order valence-electron chi connectivity index (χ2n) is 8.24. The van der Waals surface area contributed by atoms with Crippen molar-refractivity contribution in [3.63, 3.8) is 0 Å². The van der Waals surface area contributed by atoms with Gasteiger partial charge < -0.3 is 14.7 Å². The Labute approximate surface area is 184 Å². The monoisotopic (exact) mass is 425 g/mol. The third-order valence-electron chi connectivity index (χ3n) is 5.64. The van der Waals surface area contributed by atoms with Gasteiger partial charge in [-0.15, -0.1) is 0 Å². The van der Waals surface area contributed by atoms with Crippen molar-refractivity contribution in [2.24, 2.45) is 0 Å². The van der Waals surface area contributed by atoms with E-state index in [1.807, 2.05) is 12.1 Å². The Morgan fingerprint density at radius 3 is 1.90 bits per heavy atom. The Balaban J connectivity index is 2.55. The van der Waals surface area contributed by atoms with Crippen molar-refractivity contribution in [3.8, 4) is 5.75 Å². The van der Waals surface area contributed by atoms with E-state index in [1.165, 1.54) is 77.0 Å². The summed E-state index contributed by atoms with van der Waals surface area (Å²) in [6, 6.07) is 5.48. The van der Waals surface area contributed by atoms with Gasteiger partial charge in [0.05, 0.1) is 13.2 Å². The number of methoxy groups -OCH3 is 1. The predicted molar refractivity (Wildman–Crippen MR) is 126 cm³/mol. The Bertz CT molecular complexity index is 508. The number of benzene rings is 1. The van der Waals surface area contributed by atoms with Crippen molar-refractivity contribution >= 4 is 11.6 Å². The summed E-state index contributed by atoms with van der Waals surface area (Å²) < 4.78 is 5.44. The number of rotatable bonds is 18. The second kappa shape index (κ2) is 17.0. The highest BCUT2D eigenvalue weighted by atomic mass is 35.5. The van der Waals surface area contributed by atoms with Gasteiger partial charge in [-0.05, 0) is 44.1 Å². The molecular formula is C25H44ClNO2. The lowest BCUT2D eigenvalue weighted by Gasteiger charge is -2.26. The first-order chi connectivity index (χ1) is 14.1. The van der Waals surface area contributed by atoms with Crippen LogP contribution < -0.4 is 4.74 Å². The zero-order valence-corrected chi connectivity index (χ0v) is 19.9. The van der Waals surface area contributed by atoms with Crippen LogP contribution in [0.3, 0.4) is 0 Å². The van der Waals surface area contributed by atoms with Crippen LogP contribution in [-0.4, -0.2) is 36.8 Å². The maximum atomic E-state index is 10.9. The number of halogens is 1. The molecule has 1 atom stereocenters. The van der Waals surface area contributed by atoms with Crippen LogP contribution in [0, 0.1) is 0 Å². The van der Waals surface area contributed by atoms with E-state index in [4.69, 9.17) is 16.3 Å². The van der Waals surface area contributed by atoms with E-state index in [1.54, 1.807) is 13.2 Å². The molecule has 3 nitrogen and oxygen atoms in total. The molecule has 0 radical (unpaired) electrons. The summed E-state index contributed by atoms with van der Waals surface area (Å²) in [5.74, 6) is 0.709. The molecule has 0 fully saturated rings. The van der Waals surface area contributed by atoms with E-state index in [-0.39, 0.29) is 0 Å². The number of hydrogen-bond acceptors (Lipinski definition) is 3. The molecule has 1 rings (SSSR count). The zero-order valence-electron chi connectivity index (χ0n) is 19.1. The molecule has 1 N–H and O–H groups in total. The van der Waals surface area contributed by atoms with E-state index in [0.717, 1.165) is 18.7 Å². The Hall–Kier alpha value is -0.770. The normalized spacial score (nSPS) is 12.5. The molecule has 0 saturated heterocycles. The lowest BCUT2D eigenvalue weighted by atomic mass is 10.1. The zero-order chi connectivity index (χ0) is 21.3. The SMILES string of the molecule is CCCCCCCCN(CCCCCCCC)CC(O)c1cc(Cl)ccc1OC. The highest BCUT2D eigenvalue weighted by molar-refractivity contribution is 6.30. The molecule has 4 heteroatoms. The molecule has 0 spiro atoms. The van der Waals surface area contributed by atoms with Gasteiger partial charge in [0.25, 0.3) is 0 Å². The molecular weight excluding hydrogens is 382 g/mol. The highest BCUT2D eigenvalue weighted by Crippen LogP contribution is 2.29. The third kappa shape index (κ3) is 11.9. The number of hydrogen-bond donors (Lipinski definition) is 1. The minimum absolute atomic E-state index is 0.580. The van der Waals surface area contributed by atoms with E-state index in [9.17, 15) is 5.11 Å². The van der Waals surface area contributed by atoms with Crippen molar-refractivity contribution in [3.05, 3.63) is 28.8 Å². The number of aliphatic hydroxyl groups is 1. The van der Waals surface area contributed by atoms with Crippen LogP contribution in [-0.2, 0) is 0 Å². The van der Waals surface area contributed by atoms with Gasteiger partial charge in [0.1, 0.15) is 5.75 Å². The predicted octanol–water partition coefficient (Wildman–Crippen LogP) is 7.41. The van der Waals surface area contributed by atoms with Gasteiger partial charge in [0, 0.05) is 17.1 Å². The largest absolute Gasteiger partial charge is 0.496 e. The van der Waals surface area contributed by atoms with Gasteiger partial charge in [-0.25, -0.2) is 0 Å². The fraction of sp³-hybridized carbons (Fsp3) is 0.760. The molecule has 0 saturated carbocycles. The Morgan fingerprint density at radius 2 is 1.38 bits per heavy atom. The summed E-state index contributed by atoms with van der Waals surface area (Å²) in [5, 5.41) is 11.5. The molecule has 0 aliphatic heterocycles. The Kier molecular flexibility index (Phi) is 15.4. The van der Waals surface area contributed by atoms with Crippen LogP contribution in [0.4, 0.5) is 0 Å².